The van der Waals surface area contributed by atoms with E-state index in [9.17, 15) is 4.79 Å². The second-order valence-corrected chi connectivity index (χ2v) is 5.45. The third-order valence-electron chi connectivity index (χ3n) is 2.24. The number of hydrogen-bond donors (Lipinski definition) is 0. The molecule has 0 radical (unpaired) electrons. The smallest absolute Gasteiger partial charge is 0.204 e. The van der Waals surface area contributed by atoms with Crippen molar-refractivity contribution in [3.8, 4) is 5.75 Å². The average Bonchev–Trinajstić information content (AvgIpc) is 2.75. The molecule has 0 unspecified atom stereocenters. The summed E-state index contributed by atoms with van der Waals surface area (Å²) in [4.78, 5) is 12.9. The molecule has 0 aliphatic heterocycles. The quantitative estimate of drug-likeness (QED) is 0.779. The highest BCUT2D eigenvalue weighted by atomic mass is 79.9. The van der Waals surface area contributed by atoms with Crippen molar-refractivity contribution in [2.75, 3.05) is 7.11 Å². The summed E-state index contributed by atoms with van der Waals surface area (Å²) in [6, 6.07) is 6.86. The zero-order valence-electron chi connectivity index (χ0n) is 8.87. The van der Waals surface area contributed by atoms with Crippen LogP contribution in [-0.2, 0) is 0 Å². The van der Waals surface area contributed by atoms with Gasteiger partial charge in [-0.2, -0.15) is 0 Å². The molecule has 2 aromatic rings. The van der Waals surface area contributed by atoms with E-state index >= 15 is 0 Å². The molecule has 5 heteroatoms. The van der Waals surface area contributed by atoms with Crippen LogP contribution in [-0.4, -0.2) is 12.9 Å². The topological polar surface area (TPSA) is 26.3 Å². The van der Waals surface area contributed by atoms with Crippen molar-refractivity contribution >= 4 is 44.7 Å². The van der Waals surface area contributed by atoms with E-state index in [0.29, 0.717) is 21.2 Å². The Labute approximate surface area is 116 Å². The van der Waals surface area contributed by atoms with Crippen LogP contribution in [0.3, 0.4) is 0 Å². The molecule has 0 bridgehead atoms. The predicted octanol–water partition coefficient (Wildman–Crippen LogP) is 4.40. The molecule has 1 aromatic heterocycles. The number of rotatable bonds is 3. The molecule has 0 saturated carbocycles. The summed E-state index contributed by atoms with van der Waals surface area (Å²) in [5.74, 6) is 0.465. The first-order chi connectivity index (χ1) is 8.13. The Bertz CT molecular complexity index is 565. The van der Waals surface area contributed by atoms with Gasteiger partial charge in [0.1, 0.15) is 5.75 Å². The van der Waals surface area contributed by atoms with Gasteiger partial charge in [-0.15, -0.1) is 11.3 Å². The van der Waals surface area contributed by atoms with E-state index in [2.05, 4.69) is 15.9 Å². The molecule has 1 heterocycles. The largest absolute Gasteiger partial charge is 0.495 e. The molecule has 0 spiro atoms. The van der Waals surface area contributed by atoms with Gasteiger partial charge < -0.3 is 4.74 Å². The van der Waals surface area contributed by atoms with Gasteiger partial charge in [0, 0.05) is 10.0 Å². The normalized spacial score (nSPS) is 10.3. The van der Waals surface area contributed by atoms with E-state index < -0.39 is 0 Å². The number of thiophene rings is 1. The second kappa shape index (κ2) is 5.21. The molecule has 1 aromatic carbocycles. The average molecular weight is 332 g/mol. The number of methoxy groups -OCH3 is 1. The lowest BCUT2D eigenvalue weighted by molar-refractivity contribution is 0.104. The Hall–Kier alpha value is -0.840. The first-order valence-electron chi connectivity index (χ1n) is 4.74. The van der Waals surface area contributed by atoms with Crippen LogP contribution in [0.4, 0.5) is 0 Å². The lowest BCUT2D eigenvalue weighted by atomic mass is 10.1. The van der Waals surface area contributed by atoms with Gasteiger partial charge in [0.25, 0.3) is 0 Å². The number of ether oxygens (including phenoxy) is 1. The minimum absolute atomic E-state index is 0.0400. The standard InChI is InChI=1S/C12H8BrClO2S/c1-16-10-6-7(2-3-9(10)14)11(15)12-8(13)4-5-17-12/h2-6H,1H3. The number of carbonyl (C=O) groups excluding carboxylic acids is 1. The lowest BCUT2D eigenvalue weighted by Crippen LogP contribution is -2.00. The highest BCUT2D eigenvalue weighted by Gasteiger charge is 2.15. The van der Waals surface area contributed by atoms with Gasteiger partial charge in [-0.3, -0.25) is 4.79 Å². The van der Waals surface area contributed by atoms with Gasteiger partial charge in [-0.25, -0.2) is 0 Å². The molecule has 0 atom stereocenters. The highest BCUT2D eigenvalue weighted by molar-refractivity contribution is 9.10. The Balaban J connectivity index is 2.41. The predicted molar refractivity (Wildman–Crippen MR) is 73.5 cm³/mol. The molecule has 2 rings (SSSR count). The van der Waals surface area contributed by atoms with Gasteiger partial charge in [-0.05, 0) is 45.6 Å². The first kappa shape index (κ1) is 12.6. The van der Waals surface area contributed by atoms with E-state index in [1.807, 2.05) is 11.4 Å². The first-order valence-corrected chi connectivity index (χ1v) is 6.79. The van der Waals surface area contributed by atoms with E-state index in [1.165, 1.54) is 18.4 Å². The monoisotopic (exact) mass is 330 g/mol. The SMILES string of the molecule is COc1cc(C(=O)c2sccc2Br)ccc1Cl. The minimum Gasteiger partial charge on any atom is -0.495 e. The number of hydrogen-bond acceptors (Lipinski definition) is 3. The van der Waals surface area contributed by atoms with Crippen molar-refractivity contribution in [2.45, 2.75) is 0 Å². The van der Waals surface area contributed by atoms with E-state index in [1.54, 1.807) is 18.2 Å². The van der Waals surface area contributed by atoms with Gasteiger partial charge in [0.15, 0.2) is 0 Å². The van der Waals surface area contributed by atoms with Gasteiger partial charge in [0.05, 0.1) is 17.0 Å². The maximum atomic E-state index is 12.2. The lowest BCUT2D eigenvalue weighted by Gasteiger charge is -2.05. The highest BCUT2D eigenvalue weighted by Crippen LogP contribution is 2.29. The van der Waals surface area contributed by atoms with Crippen LogP contribution < -0.4 is 4.74 Å². The van der Waals surface area contributed by atoms with Gasteiger partial charge in [0.2, 0.25) is 5.78 Å². The van der Waals surface area contributed by atoms with Crippen molar-refractivity contribution in [2.24, 2.45) is 0 Å². The van der Waals surface area contributed by atoms with Crippen molar-refractivity contribution in [3.63, 3.8) is 0 Å². The second-order valence-electron chi connectivity index (χ2n) is 3.28. The van der Waals surface area contributed by atoms with E-state index in [4.69, 9.17) is 16.3 Å². The summed E-state index contributed by atoms with van der Waals surface area (Å²) in [7, 11) is 1.52. The molecule has 88 valence electrons. The zero-order valence-corrected chi connectivity index (χ0v) is 12.0. The van der Waals surface area contributed by atoms with Crippen LogP contribution in [0.1, 0.15) is 15.2 Å². The van der Waals surface area contributed by atoms with Gasteiger partial charge in [-0.1, -0.05) is 11.6 Å². The van der Waals surface area contributed by atoms with Crippen LogP contribution >= 0.6 is 38.9 Å². The summed E-state index contributed by atoms with van der Waals surface area (Å²) < 4.78 is 5.90. The number of carbonyl (C=O) groups is 1. The summed E-state index contributed by atoms with van der Waals surface area (Å²) >= 11 is 10.7. The summed E-state index contributed by atoms with van der Waals surface area (Å²) in [6.07, 6.45) is 0. The third kappa shape index (κ3) is 2.54. The molecule has 0 aliphatic rings. The Morgan fingerprint density at radius 1 is 1.41 bits per heavy atom. The Morgan fingerprint density at radius 3 is 2.76 bits per heavy atom. The third-order valence-corrected chi connectivity index (χ3v) is 4.39. The molecule has 0 aliphatic carbocycles. The fourth-order valence-corrected chi connectivity index (χ4v) is 3.10. The van der Waals surface area contributed by atoms with Crippen molar-refractivity contribution in [1.82, 2.24) is 0 Å². The van der Waals surface area contributed by atoms with Crippen molar-refractivity contribution in [1.29, 1.82) is 0 Å². The summed E-state index contributed by atoms with van der Waals surface area (Å²) in [6.45, 7) is 0. The van der Waals surface area contributed by atoms with E-state index in [0.717, 1.165) is 4.47 Å². The number of halogens is 2. The molecular formula is C12H8BrClO2S. The van der Waals surface area contributed by atoms with Crippen LogP contribution in [0, 0.1) is 0 Å². The van der Waals surface area contributed by atoms with Crippen molar-refractivity contribution in [3.05, 3.63) is 49.6 Å². The minimum atomic E-state index is -0.0400. The molecule has 0 N–H and O–H groups in total. The molecule has 0 fully saturated rings. The maximum Gasteiger partial charge on any atom is 0.204 e. The molecule has 17 heavy (non-hydrogen) atoms. The summed E-state index contributed by atoms with van der Waals surface area (Å²) in [5.41, 5.74) is 0.564. The maximum absolute atomic E-state index is 12.2. The summed E-state index contributed by atoms with van der Waals surface area (Å²) in [5, 5.41) is 2.36. The number of benzene rings is 1. The van der Waals surface area contributed by atoms with E-state index in [-0.39, 0.29) is 5.78 Å². The Morgan fingerprint density at radius 2 is 2.18 bits per heavy atom. The van der Waals surface area contributed by atoms with Crippen LogP contribution in [0.5, 0.6) is 5.75 Å². The zero-order chi connectivity index (χ0) is 12.4. The van der Waals surface area contributed by atoms with Gasteiger partial charge >= 0.3 is 0 Å². The number of ketones is 1. The fraction of sp³-hybridized carbons (Fsp3) is 0.0833. The van der Waals surface area contributed by atoms with Crippen LogP contribution in [0.25, 0.3) is 0 Å². The molecular weight excluding hydrogens is 324 g/mol. The van der Waals surface area contributed by atoms with Crippen molar-refractivity contribution < 1.29 is 9.53 Å². The van der Waals surface area contributed by atoms with Crippen LogP contribution in [0.15, 0.2) is 34.1 Å². The Kier molecular flexibility index (Phi) is 3.86. The molecule has 2 nitrogen and oxygen atoms in total. The fourth-order valence-electron chi connectivity index (χ4n) is 1.39. The van der Waals surface area contributed by atoms with Crippen LogP contribution in [0.2, 0.25) is 5.02 Å². The molecule has 0 amide bonds. The molecule has 0 saturated heterocycles.